The second kappa shape index (κ2) is 5.19. The number of nitro benzene ring substituents is 1. The van der Waals surface area contributed by atoms with Gasteiger partial charge in [-0.2, -0.15) is 0 Å². The first-order valence-corrected chi connectivity index (χ1v) is 6.54. The van der Waals surface area contributed by atoms with Gasteiger partial charge >= 0.3 is 0 Å². The molecule has 1 atom stereocenters. The van der Waals surface area contributed by atoms with Crippen molar-refractivity contribution in [3.05, 3.63) is 39.2 Å². The summed E-state index contributed by atoms with van der Waals surface area (Å²) in [6.45, 7) is 3.33. The molecule has 5 nitrogen and oxygen atoms in total. The van der Waals surface area contributed by atoms with Crippen LogP contribution in [-0.4, -0.2) is 28.8 Å². The highest BCUT2D eigenvalue weighted by molar-refractivity contribution is 5.95. The van der Waals surface area contributed by atoms with E-state index in [9.17, 15) is 19.3 Å². The van der Waals surface area contributed by atoms with E-state index in [1.807, 2.05) is 6.92 Å². The molecular formula is C14H17FN2O3. The SMILES string of the molecule is Cc1cc([N+](=O)[O-])cc(C(=O)N(C)C(C)C2CC2)c1F. The quantitative estimate of drug-likeness (QED) is 0.629. The van der Waals surface area contributed by atoms with Gasteiger partial charge in [0.05, 0.1) is 10.5 Å². The molecule has 1 aliphatic carbocycles. The van der Waals surface area contributed by atoms with Crippen LogP contribution < -0.4 is 0 Å². The Morgan fingerprint density at radius 1 is 1.50 bits per heavy atom. The minimum absolute atomic E-state index is 0.0152. The molecule has 1 aliphatic rings. The first-order chi connectivity index (χ1) is 9.32. The highest BCUT2D eigenvalue weighted by Crippen LogP contribution is 2.35. The fourth-order valence-corrected chi connectivity index (χ4v) is 2.28. The molecule has 1 aromatic carbocycles. The average Bonchev–Trinajstić information content (AvgIpc) is 3.23. The molecule has 1 amide bonds. The molecule has 20 heavy (non-hydrogen) atoms. The lowest BCUT2D eigenvalue weighted by molar-refractivity contribution is -0.385. The maximum Gasteiger partial charge on any atom is 0.270 e. The predicted octanol–water partition coefficient (Wildman–Crippen LogP) is 2.91. The summed E-state index contributed by atoms with van der Waals surface area (Å²) in [5.41, 5.74) is -0.388. The largest absolute Gasteiger partial charge is 0.339 e. The zero-order chi connectivity index (χ0) is 15.0. The maximum absolute atomic E-state index is 14.1. The Hall–Kier alpha value is -1.98. The number of nitro groups is 1. The van der Waals surface area contributed by atoms with Crippen molar-refractivity contribution >= 4 is 11.6 Å². The number of hydrogen-bond acceptors (Lipinski definition) is 3. The van der Waals surface area contributed by atoms with Crippen molar-refractivity contribution in [3.8, 4) is 0 Å². The van der Waals surface area contributed by atoms with E-state index in [4.69, 9.17) is 0 Å². The van der Waals surface area contributed by atoms with Gasteiger partial charge in [-0.3, -0.25) is 14.9 Å². The fourth-order valence-electron chi connectivity index (χ4n) is 2.28. The maximum atomic E-state index is 14.1. The van der Waals surface area contributed by atoms with Crippen molar-refractivity contribution < 1.29 is 14.1 Å². The molecule has 0 aromatic heterocycles. The van der Waals surface area contributed by atoms with Crippen LogP contribution in [0.4, 0.5) is 10.1 Å². The van der Waals surface area contributed by atoms with Crippen LogP contribution in [0.5, 0.6) is 0 Å². The Morgan fingerprint density at radius 3 is 2.60 bits per heavy atom. The van der Waals surface area contributed by atoms with Gasteiger partial charge in [-0.15, -0.1) is 0 Å². The Labute approximate surface area is 116 Å². The number of aryl methyl sites for hydroxylation is 1. The second-order valence-electron chi connectivity index (χ2n) is 5.38. The van der Waals surface area contributed by atoms with Gasteiger partial charge < -0.3 is 4.90 Å². The smallest absolute Gasteiger partial charge is 0.270 e. The third-order valence-electron chi connectivity index (χ3n) is 3.92. The summed E-state index contributed by atoms with van der Waals surface area (Å²) in [5.74, 6) is -0.740. The molecule has 1 aromatic rings. The minimum Gasteiger partial charge on any atom is -0.339 e. The van der Waals surface area contributed by atoms with Crippen molar-refractivity contribution in [1.82, 2.24) is 4.90 Å². The lowest BCUT2D eigenvalue weighted by Crippen LogP contribution is -2.37. The molecule has 1 unspecified atom stereocenters. The van der Waals surface area contributed by atoms with Gasteiger partial charge in [0, 0.05) is 25.2 Å². The van der Waals surface area contributed by atoms with Crippen LogP contribution in [0.15, 0.2) is 12.1 Å². The number of carbonyl (C=O) groups excluding carboxylic acids is 1. The normalized spacial score (nSPS) is 15.8. The van der Waals surface area contributed by atoms with E-state index < -0.39 is 16.6 Å². The number of non-ortho nitro benzene ring substituents is 1. The van der Waals surface area contributed by atoms with Crippen LogP contribution in [0, 0.1) is 28.8 Å². The standard InChI is InChI=1S/C14H17FN2O3/c1-8-6-11(17(19)20)7-12(13(8)15)14(18)16(3)9(2)10-4-5-10/h6-7,9-10H,4-5H2,1-3H3. The highest BCUT2D eigenvalue weighted by atomic mass is 19.1. The summed E-state index contributed by atoms with van der Waals surface area (Å²) in [4.78, 5) is 24.0. The van der Waals surface area contributed by atoms with Crippen LogP contribution in [-0.2, 0) is 0 Å². The molecule has 0 heterocycles. The molecule has 6 heteroatoms. The summed E-state index contributed by atoms with van der Waals surface area (Å²) in [6, 6.07) is 2.17. The Balaban J connectivity index is 2.35. The van der Waals surface area contributed by atoms with Crippen LogP contribution in [0.3, 0.4) is 0 Å². The van der Waals surface area contributed by atoms with Crippen LogP contribution >= 0.6 is 0 Å². The molecule has 0 spiro atoms. The summed E-state index contributed by atoms with van der Waals surface area (Å²) < 4.78 is 14.1. The van der Waals surface area contributed by atoms with Gasteiger partial charge in [0.25, 0.3) is 11.6 Å². The van der Waals surface area contributed by atoms with Crippen molar-refractivity contribution in [1.29, 1.82) is 0 Å². The van der Waals surface area contributed by atoms with Gasteiger partial charge in [0.2, 0.25) is 0 Å². The summed E-state index contributed by atoms with van der Waals surface area (Å²) >= 11 is 0. The molecule has 0 bridgehead atoms. The fraction of sp³-hybridized carbons (Fsp3) is 0.500. The van der Waals surface area contributed by atoms with Crippen LogP contribution in [0.1, 0.15) is 35.7 Å². The van der Waals surface area contributed by atoms with E-state index >= 15 is 0 Å². The van der Waals surface area contributed by atoms with Crippen molar-refractivity contribution in [2.75, 3.05) is 7.05 Å². The van der Waals surface area contributed by atoms with E-state index in [1.54, 1.807) is 7.05 Å². The number of halogens is 1. The lowest BCUT2D eigenvalue weighted by Gasteiger charge is -2.25. The zero-order valence-corrected chi connectivity index (χ0v) is 11.7. The minimum atomic E-state index is -0.685. The summed E-state index contributed by atoms with van der Waals surface area (Å²) in [6.07, 6.45) is 2.13. The average molecular weight is 280 g/mol. The monoisotopic (exact) mass is 280 g/mol. The topological polar surface area (TPSA) is 63.5 Å². The third kappa shape index (κ3) is 2.64. The first kappa shape index (κ1) is 14.4. The van der Waals surface area contributed by atoms with Crippen molar-refractivity contribution in [3.63, 3.8) is 0 Å². The highest BCUT2D eigenvalue weighted by Gasteiger charge is 2.34. The first-order valence-electron chi connectivity index (χ1n) is 6.54. The lowest BCUT2D eigenvalue weighted by atomic mass is 10.1. The summed E-state index contributed by atoms with van der Waals surface area (Å²) in [7, 11) is 1.61. The van der Waals surface area contributed by atoms with E-state index in [-0.39, 0.29) is 22.9 Å². The molecule has 0 radical (unpaired) electrons. The molecule has 1 saturated carbocycles. The second-order valence-corrected chi connectivity index (χ2v) is 5.38. The Bertz CT molecular complexity index is 570. The Kier molecular flexibility index (Phi) is 3.74. The van der Waals surface area contributed by atoms with Gasteiger partial charge in [-0.05, 0) is 38.2 Å². The van der Waals surface area contributed by atoms with Gasteiger partial charge in [-0.1, -0.05) is 0 Å². The van der Waals surface area contributed by atoms with Crippen molar-refractivity contribution in [2.45, 2.75) is 32.7 Å². The molecule has 2 rings (SSSR count). The number of carbonyl (C=O) groups is 1. The van der Waals surface area contributed by atoms with Gasteiger partial charge in [-0.25, -0.2) is 4.39 Å². The number of hydrogen-bond donors (Lipinski definition) is 0. The Morgan fingerprint density at radius 2 is 2.10 bits per heavy atom. The summed E-state index contributed by atoms with van der Waals surface area (Å²) in [5, 5.41) is 10.8. The van der Waals surface area contributed by atoms with Crippen molar-refractivity contribution in [2.24, 2.45) is 5.92 Å². The number of rotatable bonds is 4. The third-order valence-corrected chi connectivity index (χ3v) is 3.92. The number of amides is 1. The molecular weight excluding hydrogens is 263 g/mol. The molecule has 0 saturated heterocycles. The number of benzene rings is 1. The van der Waals surface area contributed by atoms with E-state index in [0.29, 0.717) is 5.92 Å². The van der Waals surface area contributed by atoms with Gasteiger partial charge in [0.1, 0.15) is 5.82 Å². The van der Waals surface area contributed by atoms with Crippen LogP contribution in [0.25, 0.3) is 0 Å². The predicted molar refractivity (Wildman–Crippen MR) is 72.1 cm³/mol. The van der Waals surface area contributed by atoms with E-state index in [0.717, 1.165) is 25.0 Å². The number of nitrogens with zero attached hydrogens (tertiary/aromatic N) is 2. The van der Waals surface area contributed by atoms with Crippen LogP contribution in [0.2, 0.25) is 0 Å². The molecule has 108 valence electrons. The van der Waals surface area contributed by atoms with E-state index in [1.165, 1.54) is 11.8 Å². The van der Waals surface area contributed by atoms with Gasteiger partial charge in [0.15, 0.2) is 0 Å². The zero-order valence-electron chi connectivity index (χ0n) is 11.7. The molecule has 0 N–H and O–H groups in total. The molecule has 1 fully saturated rings. The molecule has 0 aliphatic heterocycles. The van der Waals surface area contributed by atoms with E-state index in [2.05, 4.69) is 0 Å².